The van der Waals surface area contributed by atoms with E-state index in [9.17, 15) is 9.59 Å². The number of benzene rings is 2. The third-order valence-electron chi connectivity index (χ3n) is 4.73. The minimum Gasteiger partial charge on any atom is -0.487 e. The molecular weight excluding hydrogens is 488 g/mol. The molecule has 33 heavy (non-hydrogen) atoms. The molecule has 4 rings (SSSR count). The largest absolute Gasteiger partial charge is 0.487 e. The van der Waals surface area contributed by atoms with Gasteiger partial charge in [0.25, 0.3) is 0 Å². The van der Waals surface area contributed by atoms with Crippen molar-refractivity contribution < 1.29 is 13.9 Å². The first kappa shape index (κ1) is 22.5. The number of rotatable bonds is 8. The summed E-state index contributed by atoms with van der Waals surface area (Å²) in [5.41, 5.74) is 1.41. The maximum Gasteiger partial charge on any atom is 0.347 e. The normalized spacial score (nSPS) is 11.2. The number of carbonyl (C=O) groups excluding carboxylic acids is 1. The highest BCUT2D eigenvalue weighted by molar-refractivity contribution is 9.10. The van der Waals surface area contributed by atoms with Gasteiger partial charge in [-0.1, -0.05) is 33.3 Å². The zero-order chi connectivity index (χ0) is 23.4. The zero-order valence-electron chi connectivity index (χ0n) is 18.1. The maximum absolute atomic E-state index is 12.3. The molecule has 0 radical (unpaired) electrons. The van der Waals surface area contributed by atoms with E-state index in [1.807, 2.05) is 30.5 Å². The van der Waals surface area contributed by atoms with Crippen LogP contribution >= 0.6 is 15.9 Å². The SMILES string of the molecule is CN(C)/C=C/C(=O)c1cc2ccc(OCc3cn(Cc4ccc(Br)cc4)nn3)cc2oc1=O. The number of halogens is 1. The summed E-state index contributed by atoms with van der Waals surface area (Å²) in [5, 5.41) is 8.90. The smallest absolute Gasteiger partial charge is 0.347 e. The van der Waals surface area contributed by atoms with Gasteiger partial charge in [0.1, 0.15) is 29.2 Å². The van der Waals surface area contributed by atoms with Crippen LogP contribution in [0.4, 0.5) is 0 Å². The maximum atomic E-state index is 12.3. The molecule has 0 bridgehead atoms. The van der Waals surface area contributed by atoms with Crippen molar-refractivity contribution in [2.24, 2.45) is 0 Å². The third-order valence-corrected chi connectivity index (χ3v) is 5.26. The van der Waals surface area contributed by atoms with E-state index < -0.39 is 11.4 Å². The molecule has 0 unspecified atom stereocenters. The van der Waals surface area contributed by atoms with Gasteiger partial charge in [-0.05, 0) is 35.9 Å². The number of allylic oxidation sites excluding steroid dienone is 1. The molecule has 0 aliphatic heterocycles. The van der Waals surface area contributed by atoms with E-state index in [0.717, 1.165) is 10.0 Å². The molecule has 9 heteroatoms. The number of fused-ring (bicyclic) bond motifs is 1. The average molecular weight is 509 g/mol. The van der Waals surface area contributed by atoms with Gasteiger partial charge in [0.05, 0.1) is 12.7 Å². The Morgan fingerprint density at radius 1 is 1.18 bits per heavy atom. The van der Waals surface area contributed by atoms with Gasteiger partial charge in [-0.2, -0.15) is 0 Å². The molecule has 0 aliphatic rings. The fourth-order valence-corrected chi connectivity index (χ4v) is 3.34. The Hall–Kier alpha value is -3.72. The molecule has 0 saturated heterocycles. The minimum atomic E-state index is -0.691. The van der Waals surface area contributed by atoms with Crippen molar-refractivity contribution >= 4 is 32.7 Å². The lowest BCUT2D eigenvalue weighted by Gasteiger charge is -2.06. The summed E-state index contributed by atoms with van der Waals surface area (Å²) < 4.78 is 13.9. The van der Waals surface area contributed by atoms with E-state index in [-0.39, 0.29) is 12.2 Å². The lowest BCUT2D eigenvalue weighted by Crippen LogP contribution is -2.13. The molecule has 0 atom stereocenters. The summed E-state index contributed by atoms with van der Waals surface area (Å²) in [4.78, 5) is 26.3. The predicted octanol–water partition coefficient (Wildman–Crippen LogP) is 4.03. The molecule has 4 aromatic rings. The van der Waals surface area contributed by atoms with Crippen molar-refractivity contribution in [3.05, 3.63) is 98.7 Å². The van der Waals surface area contributed by atoms with Gasteiger partial charge in [-0.3, -0.25) is 4.79 Å². The van der Waals surface area contributed by atoms with Crippen molar-refractivity contribution in [2.75, 3.05) is 14.1 Å². The molecule has 2 aromatic carbocycles. The Bertz CT molecular complexity index is 1370. The summed E-state index contributed by atoms with van der Waals surface area (Å²) in [6, 6.07) is 14.6. The van der Waals surface area contributed by atoms with Crippen LogP contribution in [0.3, 0.4) is 0 Å². The van der Waals surface area contributed by atoms with Crippen LogP contribution in [0.5, 0.6) is 5.75 Å². The Balaban J connectivity index is 1.43. The topological polar surface area (TPSA) is 90.5 Å². The molecule has 2 aromatic heterocycles. The van der Waals surface area contributed by atoms with Crippen LogP contribution in [0, 0.1) is 0 Å². The number of nitrogens with zero attached hydrogens (tertiary/aromatic N) is 4. The number of hydrogen-bond donors (Lipinski definition) is 0. The standard InChI is InChI=1S/C24H21BrN4O4/c1-28(2)10-9-22(30)21-11-17-5-8-20(12-23(17)33-24(21)31)32-15-19-14-29(27-26-19)13-16-3-6-18(25)7-4-16/h3-12,14H,13,15H2,1-2H3/b10-9+. The highest BCUT2D eigenvalue weighted by Crippen LogP contribution is 2.21. The van der Waals surface area contributed by atoms with Gasteiger partial charge >= 0.3 is 5.63 Å². The van der Waals surface area contributed by atoms with E-state index in [2.05, 4.69) is 26.2 Å². The highest BCUT2D eigenvalue weighted by atomic mass is 79.9. The Morgan fingerprint density at radius 2 is 1.97 bits per heavy atom. The first-order chi connectivity index (χ1) is 15.9. The second-order valence-electron chi connectivity index (χ2n) is 7.61. The van der Waals surface area contributed by atoms with Crippen molar-refractivity contribution in [1.29, 1.82) is 0 Å². The summed E-state index contributed by atoms with van der Waals surface area (Å²) in [6.45, 7) is 0.814. The molecule has 0 saturated carbocycles. The van der Waals surface area contributed by atoms with E-state index in [4.69, 9.17) is 9.15 Å². The molecule has 0 amide bonds. The summed E-state index contributed by atoms with van der Waals surface area (Å²) in [6.07, 6.45) is 4.74. The van der Waals surface area contributed by atoms with Crippen LogP contribution in [0.25, 0.3) is 11.0 Å². The predicted molar refractivity (Wildman–Crippen MR) is 127 cm³/mol. The number of carbonyl (C=O) groups is 1. The molecule has 8 nitrogen and oxygen atoms in total. The highest BCUT2D eigenvalue weighted by Gasteiger charge is 2.12. The zero-order valence-corrected chi connectivity index (χ0v) is 19.7. The second kappa shape index (κ2) is 9.83. The lowest BCUT2D eigenvalue weighted by molar-refractivity contribution is 0.104. The van der Waals surface area contributed by atoms with E-state index in [0.29, 0.717) is 29.0 Å². The van der Waals surface area contributed by atoms with Gasteiger partial charge < -0.3 is 14.1 Å². The van der Waals surface area contributed by atoms with Gasteiger partial charge in [-0.25, -0.2) is 9.48 Å². The number of hydrogen-bond acceptors (Lipinski definition) is 7. The molecule has 0 spiro atoms. The van der Waals surface area contributed by atoms with E-state index in [1.54, 1.807) is 48.1 Å². The van der Waals surface area contributed by atoms with Crippen molar-refractivity contribution in [3.63, 3.8) is 0 Å². The monoisotopic (exact) mass is 508 g/mol. The summed E-state index contributed by atoms with van der Waals surface area (Å²) >= 11 is 3.42. The van der Waals surface area contributed by atoms with Gasteiger partial charge in [0.2, 0.25) is 0 Å². The number of aromatic nitrogens is 3. The first-order valence-corrected chi connectivity index (χ1v) is 10.9. The Labute approximate surface area is 198 Å². The number of ether oxygens (including phenoxy) is 1. The van der Waals surface area contributed by atoms with E-state index >= 15 is 0 Å². The van der Waals surface area contributed by atoms with Crippen molar-refractivity contribution in [2.45, 2.75) is 13.2 Å². The van der Waals surface area contributed by atoms with Crippen molar-refractivity contribution in [1.82, 2.24) is 19.9 Å². The quantitative estimate of drug-likeness (QED) is 0.201. The Kier molecular flexibility index (Phi) is 6.69. The summed E-state index contributed by atoms with van der Waals surface area (Å²) in [7, 11) is 3.58. The average Bonchev–Trinajstić information content (AvgIpc) is 3.24. The first-order valence-electron chi connectivity index (χ1n) is 10.1. The number of ketones is 1. The second-order valence-corrected chi connectivity index (χ2v) is 8.53. The molecule has 0 aliphatic carbocycles. The van der Waals surface area contributed by atoms with Gasteiger partial charge in [0, 0.05) is 42.3 Å². The van der Waals surface area contributed by atoms with E-state index in [1.165, 1.54) is 12.1 Å². The Morgan fingerprint density at radius 3 is 2.73 bits per heavy atom. The summed E-state index contributed by atoms with van der Waals surface area (Å²) in [5.74, 6) is 0.102. The molecule has 0 fully saturated rings. The fraction of sp³-hybridized carbons (Fsp3) is 0.167. The van der Waals surface area contributed by atoms with Crippen LogP contribution in [0.2, 0.25) is 0 Å². The molecule has 168 valence electrons. The van der Waals surface area contributed by atoms with Gasteiger partial charge in [0.15, 0.2) is 5.78 Å². The lowest BCUT2D eigenvalue weighted by atomic mass is 10.1. The molecule has 2 heterocycles. The molecule has 0 N–H and O–H groups in total. The van der Waals surface area contributed by atoms with Crippen LogP contribution in [-0.2, 0) is 13.2 Å². The van der Waals surface area contributed by atoms with Crippen LogP contribution in [0.1, 0.15) is 21.6 Å². The molecular formula is C24H21BrN4O4. The fourth-order valence-electron chi connectivity index (χ4n) is 3.08. The van der Waals surface area contributed by atoms with Crippen LogP contribution < -0.4 is 10.4 Å². The van der Waals surface area contributed by atoms with Gasteiger partial charge in [-0.15, -0.1) is 5.10 Å². The van der Waals surface area contributed by atoms with Crippen LogP contribution in [-0.4, -0.2) is 39.8 Å². The third kappa shape index (κ3) is 5.75. The van der Waals surface area contributed by atoms with Crippen molar-refractivity contribution in [3.8, 4) is 5.75 Å². The minimum absolute atomic E-state index is 0.0170. The van der Waals surface area contributed by atoms with Crippen LogP contribution in [0.15, 0.2) is 80.7 Å².